The van der Waals surface area contributed by atoms with E-state index in [2.05, 4.69) is 9.88 Å². The van der Waals surface area contributed by atoms with Crippen LogP contribution in [0.15, 0.2) is 42.6 Å². The Morgan fingerprint density at radius 1 is 1.31 bits per heavy atom. The van der Waals surface area contributed by atoms with E-state index in [0.717, 1.165) is 44.5 Å². The molecule has 1 aliphatic heterocycles. The van der Waals surface area contributed by atoms with Crippen molar-refractivity contribution in [1.82, 2.24) is 14.8 Å². The van der Waals surface area contributed by atoms with E-state index in [1.807, 2.05) is 25.2 Å². The first-order chi connectivity index (χ1) is 14.0. The third-order valence-electron chi connectivity index (χ3n) is 5.67. The van der Waals surface area contributed by atoms with Gasteiger partial charge in [0, 0.05) is 62.0 Å². The van der Waals surface area contributed by atoms with Crippen LogP contribution in [0.25, 0.3) is 0 Å². The SMILES string of the molecule is CN(CCc1ccccn1)C(=O)CC[C@H]1CCCN(Cc2c(F)cccc2Cl)C1. The van der Waals surface area contributed by atoms with Gasteiger partial charge in [-0.15, -0.1) is 0 Å². The monoisotopic (exact) mass is 417 g/mol. The number of pyridine rings is 1. The number of likely N-dealkylation sites (N-methyl/N-ethyl adjacent to an activating group) is 1. The zero-order valence-corrected chi connectivity index (χ0v) is 17.7. The van der Waals surface area contributed by atoms with Crippen molar-refractivity contribution >= 4 is 17.5 Å². The zero-order chi connectivity index (χ0) is 20.6. The molecule has 4 nitrogen and oxygen atoms in total. The van der Waals surface area contributed by atoms with Crippen LogP contribution in [-0.4, -0.2) is 47.4 Å². The van der Waals surface area contributed by atoms with E-state index in [1.165, 1.54) is 6.07 Å². The lowest BCUT2D eigenvalue weighted by Gasteiger charge is -2.33. The number of hydrogen-bond donors (Lipinski definition) is 0. The molecule has 3 rings (SSSR count). The first kappa shape index (κ1) is 21.7. The van der Waals surface area contributed by atoms with Gasteiger partial charge < -0.3 is 4.90 Å². The molecule has 1 aliphatic rings. The fourth-order valence-corrected chi connectivity index (χ4v) is 4.13. The lowest BCUT2D eigenvalue weighted by Crippen LogP contribution is -2.36. The van der Waals surface area contributed by atoms with Crippen LogP contribution in [0.3, 0.4) is 0 Å². The topological polar surface area (TPSA) is 36.4 Å². The van der Waals surface area contributed by atoms with E-state index in [1.54, 1.807) is 23.2 Å². The number of hydrogen-bond acceptors (Lipinski definition) is 3. The summed E-state index contributed by atoms with van der Waals surface area (Å²) in [6, 6.07) is 10.7. The van der Waals surface area contributed by atoms with Gasteiger partial charge in [0.2, 0.25) is 5.91 Å². The Balaban J connectivity index is 1.43. The Kier molecular flexibility index (Phi) is 8.01. The van der Waals surface area contributed by atoms with Gasteiger partial charge in [-0.05, 0) is 56.0 Å². The second kappa shape index (κ2) is 10.7. The summed E-state index contributed by atoms with van der Waals surface area (Å²) in [6.45, 7) is 3.03. The van der Waals surface area contributed by atoms with Gasteiger partial charge in [-0.25, -0.2) is 4.39 Å². The molecule has 0 spiro atoms. The number of likely N-dealkylation sites (tertiary alicyclic amines) is 1. The van der Waals surface area contributed by atoms with E-state index in [-0.39, 0.29) is 11.7 Å². The number of nitrogens with zero attached hydrogens (tertiary/aromatic N) is 3. The molecule has 1 aromatic carbocycles. The van der Waals surface area contributed by atoms with Gasteiger partial charge in [0.25, 0.3) is 0 Å². The molecule has 1 fully saturated rings. The minimum Gasteiger partial charge on any atom is -0.345 e. The Morgan fingerprint density at radius 2 is 2.17 bits per heavy atom. The molecule has 1 aromatic heterocycles. The second-order valence-corrected chi connectivity index (χ2v) is 8.28. The average Bonchev–Trinajstić information content (AvgIpc) is 2.74. The largest absolute Gasteiger partial charge is 0.345 e. The van der Waals surface area contributed by atoms with Gasteiger partial charge in [0.15, 0.2) is 0 Å². The molecule has 1 amide bonds. The summed E-state index contributed by atoms with van der Waals surface area (Å²) < 4.78 is 14.1. The van der Waals surface area contributed by atoms with Gasteiger partial charge >= 0.3 is 0 Å². The smallest absolute Gasteiger partial charge is 0.222 e. The highest BCUT2D eigenvalue weighted by atomic mass is 35.5. The highest BCUT2D eigenvalue weighted by Gasteiger charge is 2.23. The molecule has 2 aromatic rings. The molecular weight excluding hydrogens is 389 g/mol. The quantitative estimate of drug-likeness (QED) is 0.631. The van der Waals surface area contributed by atoms with Crippen LogP contribution in [0.1, 0.15) is 36.9 Å². The van der Waals surface area contributed by atoms with Crippen molar-refractivity contribution in [1.29, 1.82) is 0 Å². The number of piperidine rings is 1. The van der Waals surface area contributed by atoms with E-state index in [0.29, 0.717) is 36.0 Å². The first-order valence-electron chi connectivity index (χ1n) is 10.3. The molecular formula is C23H29ClFN3O. The van der Waals surface area contributed by atoms with Gasteiger partial charge in [-0.2, -0.15) is 0 Å². The maximum Gasteiger partial charge on any atom is 0.222 e. The fraction of sp³-hybridized carbons (Fsp3) is 0.478. The summed E-state index contributed by atoms with van der Waals surface area (Å²) in [5.74, 6) is 0.391. The Morgan fingerprint density at radius 3 is 2.93 bits per heavy atom. The molecule has 6 heteroatoms. The van der Waals surface area contributed by atoms with Crippen LogP contribution >= 0.6 is 11.6 Å². The number of carbonyl (C=O) groups is 1. The van der Waals surface area contributed by atoms with Crippen molar-refractivity contribution in [3.05, 3.63) is 64.7 Å². The average molecular weight is 418 g/mol. The van der Waals surface area contributed by atoms with Gasteiger partial charge in [0.1, 0.15) is 5.82 Å². The van der Waals surface area contributed by atoms with Crippen LogP contribution in [0, 0.1) is 11.7 Å². The molecule has 29 heavy (non-hydrogen) atoms. The number of rotatable bonds is 8. The number of aromatic nitrogens is 1. The number of amides is 1. The highest BCUT2D eigenvalue weighted by molar-refractivity contribution is 6.31. The molecule has 0 radical (unpaired) electrons. The predicted octanol–water partition coefficient (Wildman–Crippen LogP) is 4.57. The van der Waals surface area contributed by atoms with Gasteiger partial charge in [-0.1, -0.05) is 23.7 Å². The molecule has 1 saturated heterocycles. The van der Waals surface area contributed by atoms with Crippen LogP contribution in [0.5, 0.6) is 0 Å². The van der Waals surface area contributed by atoms with Crippen molar-refractivity contribution in [2.45, 2.75) is 38.6 Å². The Bertz CT molecular complexity index is 782. The van der Waals surface area contributed by atoms with Crippen LogP contribution in [-0.2, 0) is 17.8 Å². The van der Waals surface area contributed by atoms with Gasteiger partial charge in [0.05, 0.1) is 0 Å². The maximum atomic E-state index is 14.1. The molecule has 0 N–H and O–H groups in total. The lowest BCUT2D eigenvalue weighted by molar-refractivity contribution is -0.130. The molecule has 0 bridgehead atoms. The van der Waals surface area contributed by atoms with E-state index >= 15 is 0 Å². The summed E-state index contributed by atoms with van der Waals surface area (Å²) in [5.41, 5.74) is 1.57. The van der Waals surface area contributed by atoms with E-state index < -0.39 is 0 Å². The summed E-state index contributed by atoms with van der Waals surface area (Å²) in [4.78, 5) is 20.9. The van der Waals surface area contributed by atoms with E-state index in [4.69, 9.17) is 11.6 Å². The number of carbonyl (C=O) groups excluding carboxylic acids is 1. The second-order valence-electron chi connectivity index (χ2n) is 7.87. The standard InChI is InChI=1S/C23H29ClFN3O/c1-27(15-12-19-7-2-3-13-26-19)23(29)11-10-18-6-5-14-28(16-18)17-20-21(24)8-4-9-22(20)25/h2-4,7-9,13,18H,5-6,10-12,14-17H2,1H3/t18-/m1/s1. The fourth-order valence-electron chi connectivity index (χ4n) is 3.91. The molecule has 0 saturated carbocycles. The predicted molar refractivity (Wildman–Crippen MR) is 114 cm³/mol. The molecule has 0 aliphatic carbocycles. The molecule has 0 unspecified atom stereocenters. The lowest BCUT2D eigenvalue weighted by atomic mass is 9.93. The zero-order valence-electron chi connectivity index (χ0n) is 17.0. The van der Waals surface area contributed by atoms with Crippen molar-refractivity contribution in [3.8, 4) is 0 Å². The first-order valence-corrected chi connectivity index (χ1v) is 10.7. The van der Waals surface area contributed by atoms with Crippen molar-refractivity contribution in [2.75, 3.05) is 26.7 Å². The number of halogens is 2. The molecule has 156 valence electrons. The van der Waals surface area contributed by atoms with Crippen LogP contribution < -0.4 is 0 Å². The third-order valence-corrected chi connectivity index (χ3v) is 6.02. The Labute approximate surface area is 177 Å². The summed E-state index contributed by atoms with van der Waals surface area (Å²) in [7, 11) is 1.86. The summed E-state index contributed by atoms with van der Waals surface area (Å²) >= 11 is 6.18. The highest BCUT2D eigenvalue weighted by Crippen LogP contribution is 2.26. The Hall–Kier alpha value is -1.98. The minimum atomic E-state index is -0.246. The summed E-state index contributed by atoms with van der Waals surface area (Å²) in [5, 5.41) is 0.483. The maximum absolute atomic E-state index is 14.1. The van der Waals surface area contributed by atoms with Crippen molar-refractivity contribution in [3.63, 3.8) is 0 Å². The third kappa shape index (κ3) is 6.51. The van der Waals surface area contributed by atoms with Crippen LogP contribution in [0.4, 0.5) is 4.39 Å². The number of benzene rings is 1. The van der Waals surface area contributed by atoms with Crippen molar-refractivity contribution in [2.24, 2.45) is 5.92 Å². The molecule has 1 atom stereocenters. The van der Waals surface area contributed by atoms with Crippen molar-refractivity contribution < 1.29 is 9.18 Å². The van der Waals surface area contributed by atoms with Gasteiger partial charge in [-0.3, -0.25) is 14.7 Å². The minimum absolute atomic E-state index is 0.176. The van der Waals surface area contributed by atoms with Crippen LogP contribution in [0.2, 0.25) is 5.02 Å². The molecule has 2 heterocycles. The summed E-state index contributed by atoms with van der Waals surface area (Å²) in [6.07, 6.45) is 6.16. The normalized spacial score (nSPS) is 17.3. The van der Waals surface area contributed by atoms with E-state index in [9.17, 15) is 9.18 Å².